The van der Waals surface area contributed by atoms with Crippen LogP contribution in [0.4, 0.5) is 0 Å². The number of carbonyl (C=O) groups is 2. The van der Waals surface area contributed by atoms with Gasteiger partial charge in [-0.2, -0.15) is 0 Å². The normalized spacial score (nSPS) is 19.0. The molecule has 1 unspecified atom stereocenters. The number of carboxylic acid groups (broad SMARTS) is 1. The SMILES string of the molecule is C#CCC(N)C(=O)N1CC(C)(OCC(=O)O)C1. The molecule has 0 aromatic heterocycles. The predicted octanol–water partition coefficient (Wildman–Crippen LogP) is -0.961. The van der Waals surface area contributed by atoms with E-state index in [2.05, 4.69) is 5.92 Å². The van der Waals surface area contributed by atoms with Gasteiger partial charge in [0.15, 0.2) is 0 Å². The molecule has 1 atom stereocenters. The van der Waals surface area contributed by atoms with E-state index in [-0.39, 0.29) is 18.9 Å². The van der Waals surface area contributed by atoms with Crippen molar-refractivity contribution in [1.29, 1.82) is 0 Å². The molecule has 1 fully saturated rings. The number of amides is 1. The molecule has 3 N–H and O–H groups in total. The first-order valence-electron chi connectivity index (χ1n) is 5.21. The number of nitrogens with two attached hydrogens (primary N) is 1. The lowest BCUT2D eigenvalue weighted by Crippen LogP contribution is -2.65. The number of nitrogens with zero attached hydrogens (tertiary/aromatic N) is 1. The molecule has 1 amide bonds. The molecule has 6 nitrogen and oxygen atoms in total. The Hall–Kier alpha value is -1.58. The van der Waals surface area contributed by atoms with Crippen molar-refractivity contribution in [3.8, 4) is 12.3 Å². The second kappa shape index (κ2) is 5.17. The minimum absolute atomic E-state index is 0.196. The molecule has 1 rings (SSSR count). The number of likely N-dealkylation sites (tertiary alicyclic amines) is 1. The Morgan fingerprint density at radius 1 is 1.65 bits per heavy atom. The zero-order valence-electron chi connectivity index (χ0n) is 9.68. The third kappa shape index (κ3) is 3.44. The molecular formula is C11H16N2O4. The van der Waals surface area contributed by atoms with Gasteiger partial charge in [0.2, 0.25) is 5.91 Å². The molecular weight excluding hydrogens is 224 g/mol. The molecule has 0 aliphatic carbocycles. The van der Waals surface area contributed by atoms with Crippen molar-refractivity contribution < 1.29 is 19.4 Å². The van der Waals surface area contributed by atoms with E-state index in [9.17, 15) is 9.59 Å². The van der Waals surface area contributed by atoms with Crippen LogP contribution in [0.3, 0.4) is 0 Å². The molecule has 94 valence electrons. The second-order valence-corrected chi connectivity index (χ2v) is 4.34. The Labute approximate surface area is 99.7 Å². The minimum Gasteiger partial charge on any atom is -0.480 e. The fourth-order valence-corrected chi connectivity index (χ4v) is 1.69. The zero-order valence-corrected chi connectivity index (χ0v) is 9.68. The molecule has 1 aliphatic heterocycles. The number of rotatable bonds is 5. The first-order chi connectivity index (χ1) is 7.88. The molecule has 1 heterocycles. The van der Waals surface area contributed by atoms with E-state index in [0.717, 1.165) is 0 Å². The van der Waals surface area contributed by atoms with Crippen LogP contribution in [-0.2, 0) is 14.3 Å². The second-order valence-electron chi connectivity index (χ2n) is 4.34. The van der Waals surface area contributed by atoms with E-state index in [4.69, 9.17) is 22.0 Å². The lowest BCUT2D eigenvalue weighted by atomic mass is 9.95. The van der Waals surface area contributed by atoms with Gasteiger partial charge in [0.05, 0.1) is 19.1 Å². The predicted molar refractivity (Wildman–Crippen MR) is 60.0 cm³/mol. The van der Waals surface area contributed by atoms with Crippen molar-refractivity contribution >= 4 is 11.9 Å². The van der Waals surface area contributed by atoms with E-state index in [1.807, 2.05) is 0 Å². The van der Waals surface area contributed by atoms with E-state index < -0.39 is 17.6 Å². The highest BCUT2D eigenvalue weighted by atomic mass is 16.5. The molecule has 0 aromatic rings. The topological polar surface area (TPSA) is 92.9 Å². The van der Waals surface area contributed by atoms with Gasteiger partial charge >= 0.3 is 5.97 Å². The Balaban J connectivity index is 2.37. The minimum atomic E-state index is -1.03. The van der Waals surface area contributed by atoms with E-state index in [0.29, 0.717) is 13.1 Å². The summed E-state index contributed by atoms with van der Waals surface area (Å²) in [4.78, 5) is 23.5. The van der Waals surface area contributed by atoms with Gasteiger partial charge < -0.3 is 20.5 Å². The monoisotopic (exact) mass is 240 g/mol. The summed E-state index contributed by atoms with van der Waals surface area (Å²) in [5.41, 5.74) is 4.99. The highest BCUT2D eigenvalue weighted by molar-refractivity contribution is 5.83. The Morgan fingerprint density at radius 3 is 2.71 bits per heavy atom. The molecule has 0 spiro atoms. The number of aliphatic carboxylic acids is 1. The van der Waals surface area contributed by atoms with Crippen LogP contribution in [0.5, 0.6) is 0 Å². The summed E-state index contributed by atoms with van der Waals surface area (Å²) in [5, 5.41) is 8.48. The number of terminal acetylenes is 1. The lowest BCUT2D eigenvalue weighted by molar-refractivity contribution is -0.173. The zero-order chi connectivity index (χ0) is 13.1. The Morgan fingerprint density at radius 2 is 2.24 bits per heavy atom. The molecule has 6 heteroatoms. The summed E-state index contributed by atoms with van der Waals surface area (Å²) in [7, 11) is 0. The third-order valence-electron chi connectivity index (χ3n) is 2.56. The lowest BCUT2D eigenvalue weighted by Gasteiger charge is -2.47. The van der Waals surface area contributed by atoms with Gasteiger partial charge in [0.1, 0.15) is 12.2 Å². The largest absolute Gasteiger partial charge is 0.480 e. The van der Waals surface area contributed by atoms with Crippen LogP contribution >= 0.6 is 0 Å². The molecule has 0 bridgehead atoms. The van der Waals surface area contributed by atoms with Gasteiger partial charge in [0, 0.05) is 6.42 Å². The van der Waals surface area contributed by atoms with Crippen molar-refractivity contribution in [3.63, 3.8) is 0 Å². The van der Waals surface area contributed by atoms with Gasteiger partial charge in [-0.15, -0.1) is 12.3 Å². The molecule has 0 aromatic carbocycles. The summed E-state index contributed by atoms with van der Waals surface area (Å²) in [6.45, 7) is 2.08. The highest BCUT2D eigenvalue weighted by Gasteiger charge is 2.43. The van der Waals surface area contributed by atoms with E-state index in [1.54, 1.807) is 6.92 Å². The van der Waals surface area contributed by atoms with Gasteiger partial charge in [-0.05, 0) is 6.92 Å². The van der Waals surface area contributed by atoms with Gasteiger partial charge in [-0.1, -0.05) is 0 Å². The summed E-state index contributed by atoms with van der Waals surface area (Å²) in [5.74, 6) is 1.08. The van der Waals surface area contributed by atoms with Gasteiger partial charge in [0.25, 0.3) is 0 Å². The fourth-order valence-electron chi connectivity index (χ4n) is 1.69. The fraction of sp³-hybridized carbons (Fsp3) is 0.636. The summed E-state index contributed by atoms with van der Waals surface area (Å²) in [6, 6.07) is -0.691. The maximum atomic E-state index is 11.7. The number of hydrogen-bond donors (Lipinski definition) is 2. The average molecular weight is 240 g/mol. The average Bonchev–Trinajstić information content (AvgIpc) is 2.22. The maximum Gasteiger partial charge on any atom is 0.329 e. The van der Waals surface area contributed by atoms with Crippen LogP contribution in [0.1, 0.15) is 13.3 Å². The summed E-state index contributed by atoms with van der Waals surface area (Å²) in [6.07, 6.45) is 5.27. The number of carbonyl (C=O) groups excluding carboxylic acids is 1. The van der Waals surface area contributed by atoms with Crippen molar-refractivity contribution in [2.75, 3.05) is 19.7 Å². The summed E-state index contributed by atoms with van der Waals surface area (Å²) >= 11 is 0. The third-order valence-corrected chi connectivity index (χ3v) is 2.56. The van der Waals surface area contributed by atoms with E-state index in [1.165, 1.54) is 4.90 Å². The number of ether oxygens (including phenoxy) is 1. The quantitative estimate of drug-likeness (QED) is 0.604. The number of hydrogen-bond acceptors (Lipinski definition) is 4. The molecule has 1 saturated heterocycles. The Bertz CT molecular complexity index is 355. The van der Waals surface area contributed by atoms with Crippen molar-refractivity contribution in [2.45, 2.75) is 25.0 Å². The number of carboxylic acids is 1. The van der Waals surface area contributed by atoms with Crippen molar-refractivity contribution in [3.05, 3.63) is 0 Å². The van der Waals surface area contributed by atoms with E-state index >= 15 is 0 Å². The maximum absolute atomic E-state index is 11.7. The Kier molecular flexibility index (Phi) is 4.10. The standard InChI is InChI=1S/C11H16N2O4/c1-3-4-8(12)10(16)13-6-11(2,7-13)17-5-9(14)15/h1,8H,4-7,12H2,2H3,(H,14,15). The molecule has 0 radical (unpaired) electrons. The van der Waals surface area contributed by atoms with Crippen LogP contribution in [0, 0.1) is 12.3 Å². The van der Waals surface area contributed by atoms with Gasteiger partial charge in [-0.25, -0.2) is 4.79 Å². The summed E-state index contributed by atoms with van der Waals surface area (Å²) < 4.78 is 5.17. The van der Waals surface area contributed by atoms with Crippen LogP contribution in [0.25, 0.3) is 0 Å². The molecule has 17 heavy (non-hydrogen) atoms. The van der Waals surface area contributed by atoms with Crippen LogP contribution < -0.4 is 5.73 Å². The van der Waals surface area contributed by atoms with Crippen molar-refractivity contribution in [2.24, 2.45) is 5.73 Å². The van der Waals surface area contributed by atoms with Crippen LogP contribution in [-0.4, -0.2) is 53.2 Å². The molecule has 1 aliphatic rings. The smallest absolute Gasteiger partial charge is 0.329 e. The highest BCUT2D eigenvalue weighted by Crippen LogP contribution is 2.25. The van der Waals surface area contributed by atoms with Crippen molar-refractivity contribution in [1.82, 2.24) is 4.90 Å². The van der Waals surface area contributed by atoms with Gasteiger partial charge in [-0.3, -0.25) is 4.79 Å². The van der Waals surface area contributed by atoms with Crippen LogP contribution in [0.2, 0.25) is 0 Å². The first kappa shape index (κ1) is 13.5. The first-order valence-corrected chi connectivity index (χ1v) is 5.21. The molecule has 0 saturated carbocycles. The van der Waals surface area contributed by atoms with Crippen LogP contribution in [0.15, 0.2) is 0 Å².